The molecule has 2 rings (SSSR count). The van der Waals surface area contributed by atoms with Crippen LogP contribution in [0.3, 0.4) is 0 Å². The van der Waals surface area contributed by atoms with Crippen LogP contribution in [0.4, 0.5) is 5.69 Å². The third-order valence-corrected chi connectivity index (χ3v) is 2.37. The first kappa shape index (κ1) is 12.6. The highest BCUT2D eigenvalue weighted by atomic mass is 35.5. The van der Waals surface area contributed by atoms with Crippen molar-refractivity contribution in [2.24, 2.45) is 0 Å². The number of para-hydroxylation sites is 1. The van der Waals surface area contributed by atoms with Crippen LogP contribution in [0.15, 0.2) is 48.5 Å². The maximum atomic E-state index is 5.86. The molecule has 2 heteroatoms. The Labute approximate surface area is 102 Å². The Morgan fingerprint density at radius 3 is 2.00 bits per heavy atom. The van der Waals surface area contributed by atoms with Crippen molar-refractivity contribution in [2.45, 2.75) is 13.8 Å². The zero-order valence-corrected chi connectivity index (χ0v) is 10.3. The Kier molecular flexibility index (Phi) is 4.87. The predicted octanol–water partition coefficient (Wildman–Crippen LogP) is 4.62. The molecule has 0 spiro atoms. The van der Waals surface area contributed by atoms with Crippen molar-refractivity contribution < 1.29 is 0 Å². The van der Waals surface area contributed by atoms with E-state index in [-0.39, 0.29) is 0 Å². The van der Waals surface area contributed by atoms with Gasteiger partial charge in [-0.2, -0.15) is 0 Å². The molecule has 0 aliphatic rings. The van der Waals surface area contributed by atoms with Gasteiger partial charge < -0.3 is 5.73 Å². The van der Waals surface area contributed by atoms with Gasteiger partial charge in [-0.25, -0.2) is 0 Å². The van der Waals surface area contributed by atoms with Crippen LogP contribution in [0.2, 0.25) is 5.02 Å². The van der Waals surface area contributed by atoms with Crippen molar-refractivity contribution in [1.82, 2.24) is 0 Å². The van der Waals surface area contributed by atoms with E-state index in [4.69, 9.17) is 17.3 Å². The minimum atomic E-state index is 0.739. The summed E-state index contributed by atoms with van der Waals surface area (Å²) in [6.45, 7) is 4.00. The van der Waals surface area contributed by atoms with E-state index in [1.54, 1.807) is 0 Å². The van der Waals surface area contributed by atoms with Crippen molar-refractivity contribution in [3.8, 4) is 11.1 Å². The molecule has 0 atom stereocenters. The molecule has 16 heavy (non-hydrogen) atoms. The summed E-state index contributed by atoms with van der Waals surface area (Å²) in [6, 6.07) is 15.5. The average Bonchev–Trinajstić information content (AvgIpc) is 2.34. The van der Waals surface area contributed by atoms with E-state index in [2.05, 4.69) is 0 Å². The van der Waals surface area contributed by atoms with Gasteiger partial charge in [0.1, 0.15) is 0 Å². The zero-order chi connectivity index (χ0) is 12.0. The van der Waals surface area contributed by atoms with Crippen molar-refractivity contribution in [2.75, 3.05) is 5.73 Å². The lowest BCUT2D eigenvalue weighted by Crippen LogP contribution is -1.88. The lowest BCUT2D eigenvalue weighted by molar-refractivity contribution is 1.50. The molecule has 1 nitrogen and oxygen atoms in total. The molecule has 0 amide bonds. The molecule has 84 valence electrons. The highest BCUT2D eigenvalue weighted by Crippen LogP contribution is 2.26. The van der Waals surface area contributed by atoms with Gasteiger partial charge in [-0.05, 0) is 23.8 Å². The molecular formula is C14H16ClN. The molecule has 0 saturated carbocycles. The largest absolute Gasteiger partial charge is 0.398 e. The highest BCUT2D eigenvalue weighted by Gasteiger charge is 2.00. The average molecular weight is 234 g/mol. The molecule has 0 aliphatic heterocycles. The van der Waals surface area contributed by atoms with Gasteiger partial charge in [0.25, 0.3) is 0 Å². The smallest absolute Gasteiger partial charge is 0.0406 e. The molecule has 0 fully saturated rings. The quantitative estimate of drug-likeness (QED) is 0.715. The van der Waals surface area contributed by atoms with Gasteiger partial charge in [0.15, 0.2) is 0 Å². The van der Waals surface area contributed by atoms with Gasteiger partial charge in [-0.3, -0.25) is 0 Å². The Hall–Kier alpha value is -1.47. The van der Waals surface area contributed by atoms with Crippen molar-refractivity contribution in [1.29, 1.82) is 0 Å². The van der Waals surface area contributed by atoms with Crippen LogP contribution in [-0.4, -0.2) is 0 Å². The summed E-state index contributed by atoms with van der Waals surface area (Å²) in [6.07, 6.45) is 0. The van der Waals surface area contributed by atoms with E-state index in [9.17, 15) is 0 Å². The molecule has 0 unspecified atom stereocenters. The Morgan fingerprint density at radius 2 is 1.44 bits per heavy atom. The number of nitrogen functional groups attached to an aromatic ring is 1. The number of hydrogen-bond acceptors (Lipinski definition) is 1. The minimum Gasteiger partial charge on any atom is -0.398 e. The highest BCUT2D eigenvalue weighted by molar-refractivity contribution is 6.30. The van der Waals surface area contributed by atoms with Gasteiger partial charge in [0, 0.05) is 16.3 Å². The topological polar surface area (TPSA) is 26.0 Å². The SMILES string of the molecule is CC.Nc1ccccc1-c1ccc(Cl)cc1. The fourth-order valence-electron chi connectivity index (χ4n) is 1.39. The molecule has 0 aliphatic carbocycles. The number of halogens is 1. The maximum Gasteiger partial charge on any atom is 0.0406 e. The summed E-state index contributed by atoms with van der Waals surface area (Å²) in [7, 11) is 0. The number of hydrogen-bond donors (Lipinski definition) is 1. The monoisotopic (exact) mass is 233 g/mol. The summed E-state index contributed by atoms with van der Waals surface area (Å²) in [4.78, 5) is 0. The van der Waals surface area contributed by atoms with Crippen LogP contribution in [0.1, 0.15) is 13.8 Å². The fraction of sp³-hybridized carbons (Fsp3) is 0.143. The molecular weight excluding hydrogens is 218 g/mol. The van der Waals surface area contributed by atoms with Crippen LogP contribution in [0, 0.1) is 0 Å². The van der Waals surface area contributed by atoms with E-state index < -0.39 is 0 Å². The predicted molar refractivity (Wildman–Crippen MR) is 72.6 cm³/mol. The minimum absolute atomic E-state index is 0.739. The molecule has 0 saturated heterocycles. The van der Waals surface area contributed by atoms with E-state index in [1.165, 1.54) is 0 Å². The van der Waals surface area contributed by atoms with Crippen LogP contribution in [-0.2, 0) is 0 Å². The molecule has 0 bridgehead atoms. The van der Waals surface area contributed by atoms with Crippen LogP contribution < -0.4 is 5.73 Å². The maximum absolute atomic E-state index is 5.86. The van der Waals surface area contributed by atoms with Crippen LogP contribution in [0.25, 0.3) is 11.1 Å². The summed E-state index contributed by atoms with van der Waals surface area (Å²) in [5.41, 5.74) is 8.78. The molecule has 2 aromatic carbocycles. The third kappa shape index (κ3) is 3.01. The zero-order valence-electron chi connectivity index (χ0n) is 9.57. The number of nitrogens with two attached hydrogens (primary N) is 1. The van der Waals surface area contributed by atoms with E-state index in [0.717, 1.165) is 21.8 Å². The van der Waals surface area contributed by atoms with Gasteiger partial charge in [-0.15, -0.1) is 0 Å². The second-order valence-electron chi connectivity index (χ2n) is 3.09. The Balaban J connectivity index is 0.000000606. The lowest BCUT2D eigenvalue weighted by atomic mass is 10.0. The fourth-order valence-corrected chi connectivity index (χ4v) is 1.52. The van der Waals surface area contributed by atoms with Crippen molar-refractivity contribution >= 4 is 17.3 Å². The van der Waals surface area contributed by atoms with Crippen molar-refractivity contribution in [3.05, 3.63) is 53.6 Å². The molecule has 0 radical (unpaired) electrons. The van der Waals surface area contributed by atoms with Crippen LogP contribution in [0.5, 0.6) is 0 Å². The Bertz CT molecular complexity index is 435. The normalized spacial score (nSPS) is 9.19. The molecule has 0 heterocycles. The molecule has 0 aromatic heterocycles. The summed E-state index contributed by atoms with van der Waals surface area (Å²) < 4.78 is 0. The van der Waals surface area contributed by atoms with Gasteiger partial charge in [0.2, 0.25) is 0 Å². The van der Waals surface area contributed by atoms with Gasteiger partial charge >= 0.3 is 0 Å². The lowest BCUT2D eigenvalue weighted by Gasteiger charge is -2.04. The van der Waals surface area contributed by atoms with E-state index >= 15 is 0 Å². The Morgan fingerprint density at radius 1 is 0.875 bits per heavy atom. The van der Waals surface area contributed by atoms with E-state index in [1.807, 2.05) is 62.4 Å². The van der Waals surface area contributed by atoms with Gasteiger partial charge in [-0.1, -0.05) is 55.8 Å². The first-order valence-corrected chi connectivity index (χ1v) is 5.75. The second kappa shape index (κ2) is 6.19. The standard InChI is InChI=1S/C12H10ClN.C2H6/c13-10-7-5-9(6-8-10)11-3-1-2-4-12(11)14;1-2/h1-8H,14H2;1-2H3. The second-order valence-corrected chi connectivity index (χ2v) is 3.53. The summed E-state index contributed by atoms with van der Waals surface area (Å²) in [5.74, 6) is 0. The molecule has 2 aromatic rings. The summed E-state index contributed by atoms with van der Waals surface area (Å²) in [5, 5.41) is 0.739. The van der Waals surface area contributed by atoms with Crippen molar-refractivity contribution in [3.63, 3.8) is 0 Å². The number of rotatable bonds is 1. The first-order valence-electron chi connectivity index (χ1n) is 5.38. The molecule has 2 N–H and O–H groups in total. The first-order chi connectivity index (χ1) is 7.77. The van der Waals surface area contributed by atoms with Gasteiger partial charge in [0.05, 0.1) is 0 Å². The third-order valence-electron chi connectivity index (χ3n) is 2.12. The van der Waals surface area contributed by atoms with E-state index in [0.29, 0.717) is 0 Å². The summed E-state index contributed by atoms with van der Waals surface area (Å²) >= 11 is 5.81. The number of anilines is 1. The van der Waals surface area contributed by atoms with Crippen LogP contribution >= 0.6 is 11.6 Å². The number of benzene rings is 2.